The molecule has 128 valence electrons. The van der Waals surface area contributed by atoms with E-state index in [0.29, 0.717) is 12.5 Å². The number of rotatable bonds is 10. The van der Waals surface area contributed by atoms with Gasteiger partial charge in [-0.15, -0.1) is 11.3 Å². The first kappa shape index (κ1) is 19.5. The van der Waals surface area contributed by atoms with E-state index in [1.54, 1.807) is 11.3 Å². The molecule has 0 unspecified atom stereocenters. The van der Waals surface area contributed by atoms with Crippen molar-refractivity contribution in [2.24, 2.45) is 0 Å². The molecule has 23 heavy (non-hydrogen) atoms. The molecular weight excluding hydrogens is 304 g/mol. The zero-order valence-corrected chi connectivity index (χ0v) is 16.0. The number of hydrogen-bond acceptors (Lipinski definition) is 4. The first-order valence-corrected chi connectivity index (χ1v) is 9.20. The molecule has 0 fully saturated rings. The summed E-state index contributed by atoms with van der Waals surface area (Å²) in [6.45, 7) is 18.5. The summed E-state index contributed by atoms with van der Waals surface area (Å²) in [6.07, 6.45) is 3.42. The van der Waals surface area contributed by atoms with Gasteiger partial charge in [0.05, 0.1) is 11.4 Å². The molecule has 0 saturated carbocycles. The van der Waals surface area contributed by atoms with Crippen molar-refractivity contribution >= 4 is 27.7 Å². The number of ketones is 1. The first-order chi connectivity index (χ1) is 10.8. The number of carbonyl (C=O) groups is 1. The molecule has 3 nitrogen and oxygen atoms in total. The van der Waals surface area contributed by atoms with E-state index >= 15 is 0 Å². The zero-order chi connectivity index (χ0) is 17.6. The fourth-order valence-corrected chi connectivity index (χ4v) is 3.81. The molecule has 0 atom stereocenters. The molecule has 0 radical (unpaired) electrons. The molecule has 1 aromatic heterocycles. The summed E-state index contributed by atoms with van der Waals surface area (Å²) in [5, 5.41) is 7.41. The minimum absolute atomic E-state index is 0.191. The highest BCUT2D eigenvalue weighted by molar-refractivity contribution is 7.17. The molecule has 4 heteroatoms. The largest absolute Gasteiger partial charge is 0.370 e. The van der Waals surface area contributed by atoms with Gasteiger partial charge in [-0.1, -0.05) is 33.4 Å². The molecule has 1 heterocycles. The van der Waals surface area contributed by atoms with Crippen molar-refractivity contribution in [1.29, 1.82) is 0 Å². The third-order valence-corrected chi connectivity index (χ3v) is 4.81. The van der Waals surface area contributed by atoms with Gasteiger partial charge in [-0.3, -0.25) is 4.79 Å². The lowest BCUT2D eigenvalue weighted by atomic mass is 10.0. The van der Waals surface area contributed by atoms with Crippen molar-refractivity contribution in [2.75, 3.05) is 5.32 Å². The van der Waals surface area contributed by atoms with Crippen molar-refractivity contribution < 1.29 is 4.79 Å². The van der Waals surface area contributed by atoms with Crippen molar-refractivity contribution in [2.45, 2.75) is 66.3 Å². The Morgan fingerprint density at radius 2 is 1.78 bits per heavy atom. The molecule has 1 rings (SSSR count). The Bertz CT molecular complexity index is 584. The quantitative estimate of drug-likeness (QED) is 0.537. The Labute approximate surface area is 144 Å². The van der Waals surface area contributed by atoms with Crippen LogP contribution in [0.5, 0.6) is 0 Å². The van der Waals surface area contributed by atoms with Gasteiger partial charge >= 0.3 is 0 Å². The van der Waals surface area contributed by atoms with Crippen molar-refractivity contribution in [1.82, 2.24) is 5.32 Å². The maximum Gasteiger partial charge on any atom is 0.166 e. The third kappa shape index (κ3) is 5.24. The molecule has 0 bridgehead atoms. The Kier molecular flexibility index (Phi) is 7.56. The SMILES string of the molecule is C=C(Nc1sc(C(=C)CCC)c(C)c1C(=O)CCC)NC(C)C. The number of anilines is 1. The molecule has 0 aliphatic heterocycles. The zero-order valence-electron chi connectivity index (χ0n) is 15.1. The summed E-state index contributed by atoms with van der Waals surface area (Å²) in [6, 6.07) is 0.292. The summed E-state index contributed by atoms with van der Waals surface area (Å²) in [5.74, 6) is 0.913. The lowest BCUT2D eigenvalue weighted by molar-refractivity contribution is 0.0982. The summed E-state index contributed by atoms with van der Waals surface area (Å²) in [4.78, 5) is 13.7. The topological polar surface area (TPSA) is 41.1 Å². The highest BCUT2D eigenvalue weighted by Gasteiger charge is 2.22. The van der Waals surface area contributed by atoms with Crippen LogP contribution in [0.4, 0.5) is 5.00 Å². The van der Waals surface area contributed by atoms with E-state index < -0.39 is 0 Å². The molecule has 0 aliphatic rings. The monoisotopic (exact) mass is 334 g/mol. The number of thiophene rings is 1. The highest BCUT2D eigenvalue weighted by Crippen LogP contribution is 2.39. The average molecular weight is 335 g/mol. The highest BCUT2D eigenvalue weighted by atomic mass is 32.1. The second kappa shape index (κ2) is 8.92. The van der Waals surface area contributed by atoms with Crippen LogP contribution in [0.2, 0.25) is 0 Å². The van der Waals surface area contributed by atoms with Gasteiger partial charge in [-0.05, 0) is 44.7 Å². The molecule has 2 N–H and O–H groups in total. The minimum Gasteiger partial charge on any atom is -0.370 e. The van der Waals surface area contributed by atoms with Crippen LogP contribution < -0.4 is 10.6 Å². The fraction of sp³-hybridized carbons (Fsp3) is 0.526. The van der Waals surface area contributed by atoms with Crippen molar-refractivity contribution in [3.8, 4) is 0 Å². The predicted octanol–water partition coefficient (Wildman–Crippen LogP) is 5.73. The average Bonchev–Trinajstić information content (AvgIpc) is 2.75. The molecular formula is C19H30N2OS. The van der Waals surface area contributed by atoms with Crippen LogP contribution in [0.15, 0.2) is 19.0 Å². The number of allylic oxidation sites excluding steroid dienone is 1. The summed E-state index contributed by atoms with van der Waals surface area (Å²) < 4.78 is 0. The van der Waals surface area contributed by atoms with Gasteiger partial charge < -0.3 is 10.6 Å². The Hall–Kier alpha value is -1.55. The summed E-state index contributed by atoms with van der Waals surface area (Å²) in [5.41, 5.74) is 2.96. The Morgan fingerprint density at radius 1 is 1.17 bits per heavy atom. The molecule has 0 amide bonds. The van der Waals surface area contributed by atoms with Gasteiger partial charge in [-0.25, -0.2) is 0 Å². The van der Waals surface area contributed by atoms with E-state index in [2.05, 4.69) is 44.6 Å². The maximum absolute atomic E-state index is 12.6. The number of hydrogen-bond donors (Lipinski definition) is 2. The van der Waals surface area contributed by atoms with Crippen molar-refractivity contribution in [3.05, 3.63) is 35.0 Å². The summed E-state index contributed by atoms with van der Waals surface area (Å²) >= 11 is 1.61. The van der Waals surface area contributed by atoms with Gasteiger partial charge in [0.25, 0.3) is 0 Å². The fourth-order valence-electron chi connectivity index (χ4n) is 2.56. The smallest absolute Gasteiger partial charge is 0.166 e. The molecule has 0 aromatic carbocycles. The van der Waals surface area contributed by atoms with E-state index in [9.17, 15) is 4.79 Å². The van der Waals surface area contributed by atoms with E-state index in [0.717, 1.165) is 51.7 Å². The molecule has 1 aromatic rings. The van der Waals surface area contributed by atoms with Gasteiger partial charge in [0.2, 0.25) is 0 Å². The Morgan fingerprint density at radius 3 is 2.30 bits per heavy atom. The summed E-state index contributed by atoms with van der Waals surface area (Å²) in [7, 11) is 0. The molecule has 0 spiro atoms. The van der Waals surface area contributed by atoms with Gasteiger partial charge in [0.15, 0.2) is 5.78 Å². The van der Waals surface area contributed by atoms with E-state index in [4.69, 9.17) is 0 Å². The number of Topliss-reactive ketones (excluding diaryl/α,β-unsaturated/α-hetero) is 1. The van der Waals surface area contributed by atoms with E-state index in [-0.39, 0.29) is 5.78 Å². The minimum atomic E-state index is 0.191. The number of carbonyl (C=O) groups excluding carboxylic acids is 1. The van der Waals surface area contributed by atoms with Gasteiger partial charge in [-0.2, -0.15) is 0 Å². The Balaban J connectivity index is 3.20. The van der Waals surface area contributed by atoms with Crippen LogP contribution in [0.3, 0.4) is 0 Å². The van der Waals surface area contributed by atoms with Crippen LogP contribution in [-0.2, 0) is 0 Å². The lowest BCUT2D eigenvalue weighted by Gasteiger charge is -2.14. The van der Waals surface area contributed by atoms with Crippen molar-refractivity contribution in [3.63, 3.8) is 0 Å². The maximum atomic E-state index is 12.6. The third-order valence-electron chi connectivity index (χ3n) is 3.50. The van der Waals surface area contributed by atoms with Gasteiger partial charge in [0.1, 0.15) is 5.00 Å². The molecule has 0 aliphatic carbocycles. The van der Waals surface area contributed by atoms with Crippen LogP contribution in [-0.4, -0.2) is 11.8 Å². The standard InChI is InChI=1S/C19H30N2OS/c1-8-10-13(5)18-14(6)17(16(22)11-9-2)19(23-18)21-15(7)20-12(3)4/h12,20-21H,5,7-11H2,1-4,6H3. The van der Waals surface area contributed by atoms with E-state index in [1.165, 1.54) is 0 Å². The number of nitrogens with one attached hydrogen (secondary N) is 2. The second-order valence-corrected chi connectivity index (χ2v) is 7.21. The van der Waals surface area contributed by atoms with Crippen LogP contribution in [0, 0.1) is 6.92 Å². The van der Waals surface area contributed by atoms with E-state index in [1.807, 2.05) is 13.8 Å². The van der Waals surface area contributed by atoms with Crippen LogP contribution in [0.25, 0.3) is 5.57 Å². The van der Waals surface area contributed by atoms with Gasteiger partial charge in [0, 0.05) is 17.3 Å². The van der Waals surface area contributed by atoms with Crippen LogP contribution >= 0.6 is 11.3 Å². The molecule has 0 saturated heterocycles. The predicted molar refractivity (Wildman–Crippen MR) is 103 cm³/mol. The second-order valence-electron chi connectivity index (χ2n) is 6.19. The lowest BCUT2D eigenvalue weighted by Crippen LogP contribution is -2.25. The van der Waals surface area contributed by atoms with Crippen LogP contribution in [0.1, 0.15) is 74.2 Å². The first-order valence-electron chi connectivity index (χ1n) is 8.38. The normalized spacial score (nSPS) is 10.7.